The van der Waals surface area contributed by atoms with Crippen LogP contribution < -0.4 is 5.32 Å². The number of amides is 1. The van der Waals surface area contributed by atoms with E-state index in [-0.39, 0.29) is 0 Å². The number of methoxy groups -OCH3 is 1. The summed E-state index contributed by atoms with van der Waals surface area (Å²) in [5.74, 6) is -3.95. The van der Waals surface area contributed by atoms with Crippen LogP contribution in [0.2, 0.25) is 0 Å². The molecule has 1 atom stereocenters. The number of carboxylic acid groups (broad SMARTS) is 1. The zero-order valence-electron chi connectivity index (χ0n) is 15.5. The Morgan fingerprint density at radius 3 is 2.39 bits per heavy atom. The van der Waals surface area contributed by atoms with Crippen molar-refractivity contribution in [2.45, 2.75) is 45.1 Å². The minimum absolute atomic E-state index is 0.768. The minimum Gasteiger partial charge on any atom is -0.480 e. The maximum absolute atomic E-state index is 11.7. The van der Waals surface area contributed by atoms with Crippen molar-refractivity contribution >= 4 is 18.0 Å². The monoisotopic (exact) mass is 266 g/mol. The molecule has 0 unspecified atom stereocenters. The number of carbonyl (C=O) groups excluding carboxylic acids is 2. The quantitative estimate of drug-likeness (QED) is 0.717. The van der Waals surface area contributed by atoms with E-state index in [2.05, 4.69) is 4.74 Å². The fraction of sp³-hybridized carbons (Fsp3) is 0.727. The number of esters is 1. The largest absolute Gasteiger partial charge is 0.480 e. The van der Waals surface area contributed by atoms with Crippen LogP contribution in [0.25, 0.3) is 0 Å². The number of alkyl carbamates (subject to hydrolysis) is 1. The van der Waals surface area contributed by atoms with E-state index in [0.29, 0.717) is 0 Å². The summed E-state index contributed by atoms with van der Waals surface area (Å²) >= 11 is 0. The molecule has 2 N–H and O–H groups in total. The van der Waals surface area contributed by atoms with Gasteiger partial charge in [0.1, 0.15) is 11.6 Å². The Kier molecular flexibility index (Phi) is 3.48. The summed E-state index contributed by atoms with van der Waals surface area (Å²) in [5.41, 5.74) is -1.07. The molecule has 0 bridgehead atoms. The molecule has 0 aromatic carbocycles. The van der Waals surface area contributed by atoms with Crippen molar-refractivity contribution in [3.05, 3.63) is 0 Å². The third kappa shape index (κ3) is 7.48. The molecule has 18 heavy (non-hydrogen) atoms. The lowest BCUT2D eigenvalue weighted by atomic mass is 10.1. The molecule has 0 aliphatic carbocycles. The van der Waals surface area contributed by atoms with Crippen LogP contribution >= 0.6 is 0 Å². The smallest absolute Gasteiger partial charge is 0.408 e. The Labute approximate surface area is 112 Å². The van der Waals surface area contributed by atoms with Gasteiger partial charge in [0.2, 0.25) is 0 Å². The van der Waals surface area contributed by atoms with Crippen LogP contribution in [0.4, 0.5) is 4.79 Å². The Morgan fingerprint density at radius 2 is 2.00 bits per heavy atom. The first kappa shape index (κ1) is 9.18. The fourth-order valence-corrected chi connectivity index (χ4v) is 0.708. The van der Waals surface area contributed by atoms with Crippen molar-refractivity contribution in [1.29, 1.82) is 0 Å². The van der Waals surface area contributed by atoms with Crippen molar-refractivity contribution in [3.63, 3.8) is 0 Å². The number of hydrogen-bond donors (Lipinski definition) is 2. The number of ether oxygens (including phenoxy) is 2. The third-order valence-corrected chi connectivity index (χ3v) is 1.31. The van der Waals surface area contributed by atoms with Crippen molar-refractivity contribution in [1.82, 2.24) is 5.32 Å². The molecule has 104 valence electrons. The van der Waals surface area contributed by atoms with Crippen LogP contribution in [0.3, 0.4) is 0 Å². The molecule has 0 aromatic heterocycles. The predicted molar refractivity (Wildman–Crippen MR) is 62.0 cm³/mol. The molecule has 1 amide bonds. The molecule has 0 aliphatic rings. The summed E-state index contributed by atoms with van der Waals surface area (Å²) in [6, 6.07) is -3.55. The summed E-state index contributed by atoms with van der Waals surface area (Å²) in [5, 5.41) is 10.6. The number of rotatable bonds is 5. The van der Waals surface area contributed by atoms with Gasteiger partial charge in [-0.05, 0) is 27.1 Å². The molecular weight excluding hydrogens is 242 g/mol. The molecule has 0 rings (SSSR count). The van der Waals surface area contributed by atoms with Crippen molar-refractivity contribution in [2.24, 2.45) is 0 Å². The van der Waals surface area contributed by atoms with E-state index in [1.807, 2.05) is 0 Å². The van der Waals surface area contributed by atoms with Gasteiger partial charge >= 0.3 is 18.0 Å². The lowest BCUT2D eigenvalue weighted by molar-refractivity contribution is -0.142. The third-order valence-electron chi connectivity index (χ3n) is 1.31. The Balaban J connectivity index is 5.81. The minimum atomic E-state index is -3.68. The lowest BCUT2D eigenvalue weighted by Gasteiger charge is -2.21. The van der Waals surface area contributed by atoms with Gasteiger partial charge in [-0.25, -0.2) is 9.59 Å². The van der Waals surface area contributed by atoms with E-state index in [0.717, 1.165) is 7.11 Å². The number of aliphatic carboxylic acids is 1. The van der Waals surface area contributed by atoms with Crippen molar-refractivity contribution in [3.8, 4) is 0 Å². The molecule has 0 heterocycles. The Hall–Kier alpha value is -1.79. The number of nitrogens with one attached hydrogen (secondary N) is 1. The van der Waals surface area contributed by atoms with Gasteiger partial charge in [-0.15, -0.1) is 0 Å². The first-order chi connectivity index (χ1) is 10.0. The molecule has 7 heteroatoms. The van der Waals surface area contributed by atoms with Gasteiger partial charge in [0.15, 0.2) is 0 Å². The lowest BCUT2D eigenvalue weighted by Crippen LogP contribution is -2.43. The second-order valence-corrected chi connectivity index (χ2v) is 4.05. The molecule has 7 nitrogen and oxygen atoms in total. The second kappa shape index (κ2) is 6.83. The Bertz CT molecular complexity index is 504. The van der Waals surface area contributed by atoms with Crippen LogP contribution in [0.5, 0.6) is 0 Å². The van der Waals surface area contributed by atoms with Gasteiger partial charge in [0.05, 0.1) is 8.48 Å². The van der Waals surface area contributed by atoms with Crippen LogP contribution in [0.15, 0.2) is 0 Å². The summed E-state index contributed by atoms with van der Waals surface area (Å²) in [4.78, 5) is 34.4. The molecular formula is C11H19NO6. The van der Waals surface area contributed by atoms with Gasteiger partial charge in [-0.2, -0.15) is 0 Å². The number of carboxylic acids is 1. The van der Waals surface area contributed by atoms with Gasteiger partial charge in [-0.1, -0.05) is 0 Å². The zero-order chi connectivity index (χ0) is 18.9. The highest BCUT2D eigenvalue weighted by Gasteiger charge is 2.24. The average molecular weight is 266 g/mol. The maximum Gasteiger partial charge on any atom is 0.408 e. The molecule has 0 aliphatic heterocycles. The SMILES string of the molecule is [2H]C([2H])(C(=O)OC)C([2H])([2H])[C@]([2H])(NC(=O)OC(C)(C)C)C(=O)O. The van der Waals surface area contributed by atoms with Crippen molar-refractivity contribution in [2.75, 3.05) is 7.11 Å². The standard InChI is InChI=1S/C11H19NO6/c1-11(2,3)18-10(16)12-7(9(14)15)5-6-8(13)17-4/h7H,5-6H2,1-4H3,(H,12,16)(H,14,15)/t7-/m0/s1/i5D2,6D2,7D. The highest BCUT2D eigenvalue weighted by molar-refractivity contribution is 5.80. The fourth-order valence-electron chi connectivity index (χ4n) is 0.708. The molecule has 0 aromatic rings. The van der Waals surface area contributed by atoms with Gasteiger partial charge in [0, 0.05) is 11.9 Å². The number of hydrogen-bond acceptors (Lipinski definition) is 5. The molecule has 0 saturated carbocycles. The van der Waals surface area contributed by atoms with E-state index < -0.39 is 42.4 Å². The van der Waals surface area contributed by atoms with Crippen LogP contribution in [0.1, 0.15) is 40.4 Å². The van der Waals surface area contributed by atoms with E-state index in [9.17, 15) is 14.4 Å². The summed E-state index contributed by atoms with van der Waals surface area (Å²) < 4.78 is 46.7. The zero-order valence-corrected chi connectivity index (χ0v) is 10.5. The average Bonchev–Trinajstić information content (AvgIpc) is 2.34. The van der Waals surface area contributed by atoms with Crippen LogP contribution in [-0.4, -0.2) is 41.9 Å². The van der Waals surface area contributed by atoms with E-state index in [1.165, 1.54) is 26.1 Å². The van der Waals surface area contributed by atoms with E-state index in [4.69, 9.17) is 16.7 Å². The summed E-state index contributed by atoms with van der Waals surface area (Å²) in [6.45, 7) is 4.34. The topological polar surface area (TPSA) is 102 Å². The predicted octanol–water partition coefficient (Wildman–Crippen LogP) is 0.917. The van der Waals surface area contributed by atoms with E-state index >= 15 is 0 Å². The Morgan fingerprint density at radius 1 is 1.44 bits per heavy atom. The summed E-state index contributed by atoms with van der Waals surface area (Å²) in [6.07, 6.45) is -8.67. The maximum atomic E-state index is 11.7. The highest BCUT2D eigenvalue weighted by atomic mass is 16.6. The summed E-state index contributed by atoms with van der Waals surface area (Å²) in [7, 11) is 0.768. The van der Waals surface area contributed by atoms with Gasteiger partial charge in [-0.3, -0.25) is 4.79 Å². The molecule has 0 radical (unpaired) electrons. The number of carbonyl (C=O) groups is 3. The highest BCUT2D eigenvalue weighted by Crippen LogP contribution is 2.08. The van der Waals surface area contributed by atoms with E-state index in [1.54, 1.807) is 0 Å². The van der Waals surface area contributed by atoms with Gasteiger partial charge in [0.25, 0.3) is 0 Å². The van der Waals surface area contributed by atoms with Crippen LogP contribution in [-0.2, 0) is 19.1 Å². The first-order valence-corrected chi connectivity index (χ1v) is 4.86. The second-order valence-electron chi connectivity index (χ2n) is 4.05. The molecule has 0 saturated heterocycles. The van der Waals surface area contributed by atoms with Gasteiger partial charge < -0.3 is 19.9 Å². The van der Waals surface area contributed by atoms with Crippen molar-refractivity contribution < 1.29 is 35.8 Å². The molecule has 0 fully saturated rings. The normalized spacial score (nSPS) is 19.9. The molecule has 0 spiro atoms. The first-order valence-electron chi connectivity index (χ1n) is 7.36. The van der Waals surface area contributed by atoms with Crippen LogP contribution in [0, 0.1) is 0 Å².